The first-order valence-electron chi connectivity index (χ1n) is 4.02. The lowest BCUT2D eigenvalue weighted by atomic mass is 10.0. The fraction of sp³-hybridized carbons (Fsp3) is 0.400. The number of benzene rings is 1. The van der Waals surface area contributed by atoms with Crippen molar-refractivity contribution >= 4 is 11.6 Å². The van der Waals surface area contributed by atoms with Crippen LogP contribution in [0.4, 0.5) is 0 Å². The second kappa shape index (κ2) is 2.53. The standard InChI is InChI=1S/C10H11Cl/c1-7-6-10(11)9-5-3-2-4-8(7)9/h2-5,7,10H,6H2,1H3. The van der Waals surface area contributed by atoms with Gasteiger partial charge in [0.1, 0.15) is 0 Å². The number of alkyl halides is 1. The fourth-order valence-corrected chi connectivity index (χ4v) is 2.28. The Labute approximate surface area is 72.2 Å². The Morgan fingerprint density at radius 2 is 1.91 bits per heavy atom. The molecular weight excluding hydrogens is 156 g/mol. The van der Waals surface area contributed by atoms with E-state index in [1.54, 1.807) is 0 Å². The molecule has 2 unspecified atom stereocenters. The number of halogens is 1. The van der Waals surface area contributed by atoms with Gasteiger partial charge in [0, 0.05) is 0 Å². The minimum Gasteiger partial charge on any atom is -0.118 e. The normalized spacial score (nSPS) is 28.5. The van der Waals surface area contributed by atoms with E-state index in [1.807, 2.05) is 0 Å². The van der Waals surface area contributed by atoms with Gasteiger partial charge in [-0.25, -0.2) is 0 Å². The number of hydrogen-bond donors (Lipinski definition) is 0. The van der Waals surface area contributed by atoms with Gasteiger partial charge in [-0.05, 0) is 23.5 Å². The van der Waals surface area contributed by atoms with Gasteiger partial charge in [0.25, 0.3) is 0 Å². The third kappa shape index (κ3) is 1.06. The molecule has 58 valence electrons. The summed E-state index contributed by atoms with van der Waals surface area (Å²) in [5, 5.41) is 0.251. The Balaban J connectivity index is 2.52. The minimum absolute atomic E-state index is 0.251. The first kappa shape index (κ1) is 7.17. The van der Waals surface area contributed by atoms with Gasteiger partial charge >= 0.3 is 0 Å². The van der Waals surface area contributed by atoms with Gasteiger partial charge in [0.2, 0.25) is 0 Å². The molecule has 1 aromatic carbocycles. The number of hydrogen-bond acceptors (Lipinski definition) is 0. The minimum atomic E-state index is 0.251. The predicted molar refractivity (Wildman–Crippen MR) is 48.1 cm³/mol. The predicted octanol–water partition coefficient (Wildman–Crippen LogP) is 3.47. The second-order valence-electron chi connectivity index (χ2n) is 3.23. The molecule has 0 bridgehead atoms. The highest BCUT2D eigenvalue weighted by Gasteiger charge is 2.25. The highest BCUT2D eigenvalue weighted by molar-refractivity contribution is 6.21. The molecule has 1 aromatic rings. The zero-order valence-electron chi connectivity index (χ0n) is 6.55. The molecule has 0 aliphatic heterocycles. The summed E-state index contributed by atoms with van der Waals surface area (Å²) in [6.45, 7) is 2.24. The topological polar surface area (TPSA) is 0 Å². The van der Waals surface area contributed by atoms with E-state index < -0.39 is 0 Å². The molecule has 1 aliphatic carbocycles. The molecule has 0 fully saturated rings. The molecule has 0 nitrogen and oxygen atoms in total. The van der Waals surface area contributed by atoms with Crippen LogP contribution >= 0.6 is 11.6 Å². The van der Waals surface area contributed by atoms with Crippen LogP contribution < -0.4 is 0 Å². The molecule has 0 spiro atoms. The van der Waals surface area contributed by atoms with E-state index in [2.05, 4.69) is 31.2 Å². The lowest BCUT2D eigenvalue weighted by molar-refractivity contribution is 0.733. The zero-order valence-corrected chi connectivity index (χ0v) is 7.31. The molecular formula is C10H11Cl. The molecule has 0 aromatic heterocycles. The molecule has 0 saturated heterocycles. The van der Waals surface area contributed by atoms with E-state index in [4.69, 9.17) is 11.6 Å². The number of fused-ring (bicyclic) bond motifs is 1. The molecule has 1 heteroatoms. The third-order valence-electron chi connectivity index (χ3n) is 2.42. The first-order chi connectivity index (χ1) is 5.29. The molecule has 2 rings (SSSR count). The first-order valence-corrected chi connectivity index (χ1v) is 4.45. The van der Waals surface area contributed by atoms with E-state index in [9.17, 15) is 0 Å². The molecule has 0 saturated carbocycles. The summed E-state index contributed by atoms with van der Waals surface area (Å²) in [4.78, 5) is 0. The Hall–Kier alpha value is -0.490. The van der Waals surface area contributed by atoms with Gasteiger partial charge in [0.15, 0.2) is 0 Å². The largest absolute Gasteiger partial charge is 0.118 e. The Morgan fingerprint density at radius 1 is 1.27 bits per heavy atom. The van der Waals surface area contributed by atoms with Gasteiger partial charge < -0.3 is 0 Å². The lowest BCUT2D eigenvalue weighted by Gasteiger charge is -2.01. The average Bonchev–Trinajstić information content (AvgIpc) is 2.30. The molecule has 1 aliphatic rings. The van der Waals surface area contributed by atoms with Crippen LogP contribution in [0.2, 0.25) is 0 Å². The molecule has 0 N–H and O–H groups in total. The van der Waals surface area contributed by atoms with Crippen molar-refractivity contribution < 1.29 is 0 Å². The SMILES string of the molecule is CC1CC(Cl)c2ccccc21. The van der Waals surface area contributed by atoms with E-state index >= 15 is 0 Å². The maximum absolute atomic E-state index is 6.14. The van der Waals surface area contributed by atoms with Crippen LogP contribution in [-0.4, -0.2) is 0 Å². The summed E-state index contributed by atoms with van der Waals surface area (Å²) in [7, 11) is 0. The fourth-order valence-electron chi connectivity index (χ4n) is 1.81. The average molecular weight is 167 g/mol. The smallest absolute Gasteiger partial charge is 0.0593 e. The van der Waals surface area contributed by atoms with Gasteiger partial charge in [-0.1, -0.05) is 31.2 Å². The van der Waals surface area contributed by atoms with Crippen LogP contribution in [-0.2, 0) is 0 Å². The van der Waals surface area contributed by atoms with Gasteiger partial charge in [0.05, 0.1) is 5.38 Å². The van der Waals surface area contributed by atoms with Crippen LogP contribution in [0.3, 0.4) is 0 Å². The highest BCUT2D eigenvalue weighted by atomic mass is 35.5. The van der Waals surface area contributed by atoms with Crippen molar-refractivity contribution in [1.82, 2.24) is 0 Å². The van der Waals surface area contributed by atoms with Gasteiger partial charge in [-0.15, -0.1) is 11.6 Å². The molecule has 2 atom stereocenters. The monoisotopic (exact) mass is 166 g/mol. The maximum Gasteiger partial charge on any atom is 0.0593 e. The molecule has 11 heavy (non-hydrogen) atoms. The van der Waals surface area contributed by atoms with E-state index in [-0.39, 0.29) is 5.38 Å². The second-order valence-corrected chi connectivity index (χ2v) is 3.76. The number of rotatable bonds is 0. The van der Waals surface area contributed by atoms with Crippen LogP contribution in [0.25, 0.3) is 0 Å². The van der Waals surface area contributed by atoms with Crippen molar-refractivity contribution in [2.75, 3.05) is 0 Å². The molecule has 0 amide bonds. The van der Waals surface area contributed by atoms with Crippen molar-refractivity contribution in [3.63, 3.8) is 0 Å². The summed E-state index contributed by atoms with van der Waals surface area (Å²) in [5.74, 6) is 0.647. The van der Waals surface area contributed by atoms with Gasteiger partial charge in [-0.2, -0.15) is 0 Å². The summed E-state index contributed by atoms with van der Waals surface area (Å²) < 4.78 is 0. The maximum atomic E-state index is 6.14. The lowest BCUT2D eigenvalue weighted by Crippen LogP contribution is -1.83. The van der Waals surface area contributed by atoms with Crippen molar-refractivity contribution in [1.29, 1.82) is 0 Å². The molecule has 0 heterocycles. The molecule has 0 radical (unpaired) electrons. The van der Waals surface area contributed by atoms with Crippen LogP contribution in [0.15, 0.2) is 24.3 Å². The van der Waals surface area contributed by atoms with Crippen LogP contribution in [0.5, 0.6) is 0 Å². The van der Waals surface area contributed by atoms with E-state index in [0.29, 0.717) is 5.92 Å². The van der Waals surface area contributed by atoms with Crippen molar-refractivity contribution in [3.8, 4) is 0 Å². The van der Waals surface area contributed by atoms with Crippen molar-refractivity contribution in [3.05, 3.63) is 35.4 Å². The summed E-state index contributed by atoms with van der Waals surface area (Å²) >= 11 is 6.14. The van der Waals surface area contributed by atoms with Crippen molar-refractivity contribution in [2.45, 2.75) is 24.6 Å². The zero-order chi connectivity index (χ0) is 7.84. The van der Waals surface area contributed by atoms with E-state index in [0.717, 1.165) is 6.42 Å². The Bertz CT molecular complexity index is 240. The third-order valence-corrected chi connectivity index (χ3v) is 2.84. The van der Waals surface area contributed by atoms with Crippen LogP contribution in [0, 0.1) is 0 Å². The van der Waals surface area contributed by atoms with E-state index in [1.165, 1.54) is 11.1 Å². The van der Waals surface area contributed by atoms with Gasteiger partial charge in [-0.3, -0.25) is 0 Å². The Morgan fingerprint density at radius 3 is 2.55 bits per heavy atom. The van der Waals surface area contributed by atoms with Crippen LogP contribution in [0.1, 0.15) is 35.8 Å². The summed E-state index contributed by atoms with van der Waals surface area (Å²) in [6.07, 6.45) is 1.10. The van der Waals surface area contributed by atoms with Crippen molar-refractivity contribution in [2.24, 2.45) is 0 Å². The summed E-state index contributed by atoms with van der Waals surface area (Å²) in [5.41, 5.74) is 2.77. The summed E-state index contributed by atoms with van der Waals surface area (Å²) in [6, 6.07) is 8.47. The highest BCUT2D eigenvalue weighted by Crippen LogP contribution is 2.43. The quantitative estimate of drug-likeness (QED) is 0.518. The Kier molecular flexibility index (Phi) is 1.65.